The van der Waals surface area contributed by atoms with E-state index in [4.69, 9.17) is 16.2 Å². The predicted molar refractivity (Wildman–Crippen MR) is 98.4 cm³/mol. The maximum atomic E-state index is 11.5. The van der Waals surface area contributed by atoms with E-state index in [1.165, 1.54) is 0 Å². The Morgan fingerprint density at radius 2 is 2.00 bits per heavy atom. The summed E-state index contributed by atoms with van der Waals surface area (Å²) in [6.45, 7) is 2.31. The quantitative estimate of drug-likeness (QED) is 0.405. The molecule has 0 atom stereocenters. The van der Waals surface area contributed by atoms with Gasteiger partial charge in [-0.05, 0) is 31.9 Å². The number of nitrogens with one attached hydrogen (secondary N) is 2. The van der Waals surface area contributed by atoms with Gasteiger partial charge in [0, 0.05) is 0 Å². The van der Waals surface area contributed by atoms with E-state index in [0.29, 0.717) is 30.9 Å². The first kappa shape index (κ1) is 18.1. The second-order valence-corrected chi connectivity index (χ2v) is 6.03. The Morgan fingerprint density at radius 1 is 1.33 bits per heavy atom. The summed E-state index contributed by atoms with van der Waals surface area (Å²) in [5.74, 6) is 0.999. The predicted octanol–water partition coefficient (Wildman–Crippen LogP) is 1.13. The number of halogens is 1. The van der Waals surface area contributed by atoms with Gasteiger partial charge in [-0.1, -0.05) is 28.1 Å². The highest BCUT2D eigenvalue weighted by Crippen LogP contribution is 2.25. The fourth-order valence-corrected chi connectivity index (χ4v) is 2.45. The number of alkyl halides is 1. The van der Waals surface area contributed by atoms with Gasteiger partial charge in [-0.3, -0.25) is 10.1 Å². The molecule has 0 unspecified atom stereocenters. The van der Waals surface area contributed by atoms with Crippen LogP contribution in [0.5, 0.6) is 5.75 Å². The molecule has 0 aliphatic carbocycles. The van der Waals surface area contributed by atoms with E-state index in [9.17, 15) is 4.79 Å². The molecule has 0 saturated carbocycles. The third kappa shape index (κ3) is 5.12. The van der Waals surface area contributed by atoms with Crippen LogP contribution in [0.3, 0.4) is 0 Å². The standard InChI is InChI=1S/C15H21BrN6O2/c1-15(21-13(17)20-14(18)22-15)7-4-8-24-11-6-3-2-5-10(11)19-12(23)9-16/h2-3,5-6H,4,7-9H2,1H3,(H,19,23)(H5,17,18,20,21,22). The third-order valence-electron chi connectivity index (χ3n) is 3.31. The summed E-state index contributed by atoms with van der Waals surface area (Å²) in [5.41, 5.74) is 11.3. The number of rotatable bonds is 7. The second-order valence-electron chi connectivity index (χ2n) is 5.47. The average molecular weight is 397 g/mol. The Hall–Kier alpha value is -2.29. The van der Waals surface area contributed by atoms with Gasteiger partial charge in [-0.2, -0.15) is 0 Å². The number of hydrogen-bond donors (Lipinski definition) is 4. The molecule has 1 aliphatic rings. The summed E-state index contributed by atoms with van der Waals surface area (Å²) < 4.78 is 5.77. The number of carbonyl (C=O) groups excluding carboxylic acids is 1. The molecule has 9 heteroatoms. The minimum absolute atomic E-state index is 0.136. The third-order valence-corrected chi connectivity index (χ3v) is 3.82. The van der Waals surface area contributed by atoms with Crippen LogP contribution in [0.25, 0.3) is 0 Å². The molecule has 1 aromatic rings. The largest absolute Gasteiger partial charge is 0.491 e. The topological polar surface area (TPSA) is 127 Å². The highest BCUT2D eigenvalue weighted by molar-refractivity contribution is 9.09. The SMILES string of the molecule is CC1(CCCOc2ccccc2NC(=O)CBr)N=C(N)NC(N)=N1. The number of hydrogen-bond acceptors (Lipinski definition) is 7. The Labute approximate surface area is 148 Å². The van der Waals surface area contributed by atoms with Gasteiger partial charge in [0.1, 0.15) is 5.75 Å². The minimum atomic E-state index is -0.688. The van der Waals surface area contributed by atoms with E-state index in [0.717, 1.165) is 0 Å². The maximum absolute atomic E-state index is 11.5. The Balaban J connectivity index is 1.89. The summed E-state index contributed by atoms with van der Waals surface area (Å²) in [6.07, 6.45) is 1.33. The minimum Gasteiger partial charge on any atom is -0.491 e. The van der Waals surface area contributed by atoms with E-state index in [-0.39, 0.29) is 23.2 Å². The molecular formula is C15H21BrN6O2. The molecule has 1 aromatic carbocycles. The van der Waals surface area contributed by atoms with Crippen molar-refractivity contribution in [3.05, 3.63) is 24.3 Å². The molecule has 0 radical (unpaired) electrons. The first-order valence-electron chi connectivity index (χ1n) is 7.47. The van der Waals surface area contributed by atoms with Crippen LogP contribution in [0.15, 0.2) is 34.3 Å². The smallest absolute Gasteiger partial charge is 0.235 e. The van der Waals surface area contributed by atoms with Crippen molar-refractivity contribution in [3.63, 3.8) is 0 Å². The van der Waals surface area contributed by atoms with Crippen molar-refractivity contribution in [2.24, 2.45) is 21.5 Å². The first-order chi connectivity index (χ1) is 11.4. The number of ether oxygens (including phenoxy) is 1. The van der Waals surface area contributed by atoms with Crippen molar-refractivity contribution >= 4 is 39.4 Å². The lowest BCUT2D eigenvalue weighted by atomic mass is 10.1. The summed E-state index contributed by atoms with van der Waals surface area (Å²) in [7, 11) is 0. The highest BCUT2D eigenvalue weighted by atomic mass is 79.9. The molecule has 24 heavy (non-hydrogen) atoms. The summed E-state index contributed by atoms with van der Waals surface area (Å²) in [6, 6.07) is 7.29. The summed E-state index contributed by atoms with van der Waals surface area (Å²) in [5, 5.41) is 5.66. The molecule has 0 saturated heterocycles. The monoisotopic (exact) mass is 396 g/mol. The molecule has 0 aromatic heterocycles. The summed E-state index contributed by atoms with van der Waals surface area (Å²) >= 11 is 3.12. The number of amides is 1. The molecule has 2 rings (SSSR count). The normalized spacial score (nSPS) is 15.8. The molecule has 1 amide bonds. The van der Waals surface area contributed by atoms with Crippen LogP contribution in [-0.2, 0) is 4.79 Å². The molecule has 1 aliphatic heterocycles. The van der Waals surface area contributed by atoms with E-state index in [1.54, 1.807) is 6.07 Å². The number of aliphatic imine (C=N–C) groups is 2. The summed E-state index contributed by atoms with van der Waals surface area (Å²) in [4.78, 5) is 20.1. The average Bonchev–Trinajstić information content (AvgIpc) is 2.51. The van der Waals surface area contributed by atoms with E-state index < -0.39 is 5.66 Å². The number of para-hydroxylation sites is 2. The van der Waals surface area contributed by atoms with E-state index in [2.05, 4.69) is 36.5 Å². The van der Waals surface area contributed by atoms with Gasteiger partial charge in [0.2, 0.25) is 5.91 Å². The molecule has 130 valence electrons. The van der Waals surface area contributed by atoms with Gasteiger partial charge >= 0.3 is 0 Å². The van der Waals surface area contributed by atoms with Crippen LogP contribution in [0, 0.1) is 0 Å². The fourth-order valence-electron chi connectivity index (χ4n) is 2.31. The lowest BCUT2D eigenvalue weighted by Crippen LogP contribution is -2.48. The van der Waals surface area contributed by atoms with Crippen molar-refractivity contribution in [2.75, 3.05) is 17.3 Å². The van der Waals surface area contributed by atoms with Gasteiger partial charge < -0.3 is 21.5 Å². The van der Waals surface area contributed by atoms with Crippen LogP contribution >= 0.6 is 15.9 Å². The molecule has 0 bridgehead atoms. The Morgan fingerprint density at radius 3 is 2.67 bits per heavy atom. The van der Waals surface area contributed by atoms with Gasteiger partial charge in [0.25, 0.3) is 0 Å². The molecule has 0 fully saturated rings. The number of nitrogens with two attached hydrogens (primary N) is 2. The molecular weight excluding hydrogens is 376 g/mol. The van der Waals surface area contributed by atoms with Crippen molar-refractivity contribution in [1.82, 2.24) is 5.32 Å². The zero-order valence-corrected chi connectivity index (χ0v) is 15.0. The van der Waals surface area contributed by atoms with Crippen LogP contribution in [0.2, 0.25) is 0 Å². The molecule has 6 N–H and O–H groups in total. The van der Waals surface area contributed by atoms with E-state index in [1.807, 2.05) is 25.1 Å². The maximum Gasteiger partial charge on any atom is 0.235 e. The second kappa shape index (κ2) is 8.00. The lowest BCUT2D eigenvalue weighted by molar-refractivity contribution is -0.113. The van der Waals surface area contributed by atoms with Gasteiger partial charge in [0.05, 0.1) is 17.6 Å². The molecule has 0 spiro atoms. The molecule has 1 heterocycles. The van der Waals surface area contributed by atoms with Crippen molar-refractivity contribution in [1.29, 1.82) is 0 Å². The van der Waals surface area contributed by atoms with E-state index >= 15 is 0 Å². The zero-order valence-electron chi connectivity index (χ0n) is 13.4. The van der Waals surface area contributed by atoms with Crippen LogP contribution in [-0.4, -0.2) is 35.4 Å². The van der Waals surface area contributed by atoms with Crippen molar-refractivity contribution in [3.8, 4) is 5.75 Å². The van der Waals surface area contributed by atoms with Gasteiger partial charge in [-0.25, -0.2) is 9.98 Å². The van der Waals surface area contributed by atoms with Gasteiger partial charge in [-0.15, -0.1) is 0 Å². The fraction of sp³-hybridized carbons (Fsp3) is 0.400. The first-order valence-corrected chi connectivity index (χ1v) is 8.59. The molecule has 8 nitrogen and oxygen atoms in total. The number of nitrogens with zero attached hydrogens (tertiary/aromatic N) is 2. The Kier molecular flexibility index (Phi) is 6.02. The number of anilines is 1. The zero-order chi connectivity index (χ0) is 17.6. The van der Waals surface area contributed by atoms with Crippen LogP contribution < -0.4 is 26.8 Å². The highest BCUT2D eigenvalue weighted by Gasteiger charge is 2.26. The van der Waals surface area contributed by atoms with Gasteiger partial charge in [0.15, 0.2) is 17.6 Å². The number of carbonyl (C=O) groups is 1. The van der Waals surface area contributed by atoms with Crippen LogP contribution in [0.4, 0.5) is 5.69 Å². The van der Waals surface area contributed by atoms with Crippen molar-refractivity contribution < 1.29 is 9.53 Å². The number of guanidine groups is 2. The Bertz CT molecular complexity index is 643. The van der Waals surface area contributed by atoms with Crippen LogP contribution in [0.1, 0.15) is 19.8 Å². The lowest BCUT2D eigenvalue weighted by Gasteiger charge is -2.26. The number of benzene rings is 1. The van der Waals surface area contributed by atoms with Crippen molar-refractivity contribution in [2.45, 2.75) is 25.4 Å².